The Morgan fingerprint density at radius 1 is 1.05 bits per heavy atom. The van der Waals surface area contributed by atoms with Crippen molar-refractivity contribution < 1.29 is 8.42 Å². The molecule has 0 fully saturated rings. The number of aryl methyl sites for hydroxylation is 1. The molecule has 0 aliphatic carbocycles. The summed E-state index contributed by atoms with van der Waals surface area (Å²) in [5, 5.41) is 0. The lowest BCUT2D eigenvalue weighted by atomic mass is 10.2. The maximum atomic E-state index is 12.5. The molecule has 2 aromatic rings. The van der Waals surface area contributed by atoms with E-state index in [1.165, 1.54) is 0 Å². The van der Waals surface area contributed by atoms with Crippen LogP contribution < -0.4 is 9.62 Å². The summed E-state index contributed by atoms with van der Waals surface area (Å²) in [4.78, 5) is 2.23. The van der Waals surface area contributed by atoms with E-state index < -0.39 is 10.0 Å². The van der Waals surface area contributed by atoms with Gasteiger partial charge in [-0.15, -0.1) is 0 Å². The number of hydrogen-bond acceptors (Lipinski definition) is 3. The Balaban J connectivity index is 2.31. The lowest BCUT2D eigenvalue weighted by Gasteiger charge is -2.14. The third-order valence-electron chi connectivity index (χ3n) is 3.08. The summed E-state index contributed by atoms with van der Waals surface area (Å²) >= 11 is 3.30. The van der Waals surface area contributed by atoms with E-state index in [0.29, 0.717) is 11.3 Å². The van der Waals surface area contributed by atoms with E-state index in [1.54, 1.807) is 31.2 Å². The lowest BCUT2D eigenvalue weighted by Crippen LogP contribution is -2.14. The van der Waals surface area contributed by atoms with Crippen LogP contribution >= 0.6 is 15.9 Å². The van der Waals surface area contributed by atoms with Crippen LogP contribution in [0.1, 0.15) is 5.56 Å². The average molecular weight is 369 g/mol. The second-order valence-corrected chi connectivity index (χ2v) is 7.52. The van der Waals surface area contributed by atoms with Crippen LogP contribution in [0.4, 0.5) is 11.4 Å². The third kappa shape index (κ3) is 3.77. The number of nitrogens with zero attached hydrogens (tertiary/aromatic N) is 1. The molecule has 0 bridgehead atoms. The van der Waals surface area contributed by atoms with Crippen LogP contribution in [-0.2, 0) is 10.0 Å². The number of nitrogens with one attached hydrogen (secondary N) is 1. The van der Waals surface area contributed by atoms with Gasteiger partial charge in [-0.3, -0.25) is 4.72 Å². The number of rotatable bonds is 4. The topological polar surface area (TPSA) is 49.4 Å². The maximum absolute atomic E-state index is 12.5. The highest BCUT2D eigenvalue weighted by Gasteiger charge is 2.17. The van der Waals surface area contributed by atoms with Gasteiger partial charge < -0.3 is 4.90 Å². The first-order valence-corrected chi connectivity index (χ1v) is 8.63. The van der Waals surface area contributed by atoms with Crippen molar-refractivity contribution in [1.29, 1.82) is 0 Å². The van der Waals surface area contributed by atoms with Crippen molar-refractivity contribution in [3.8, 4) is 0 Å². The van der Waals surface area contributed by atoms with Crippen molar-refractivity contribution in [3.05, 3.63) is 52.5 Å². The van der Waals surface area contributed by atoms with Crippen LogP contribution in [0.2, 0.25) is 0 Å². The second kappa shape index (κ2) is 6.07. The van der Waals surface area contributed by atoms with Crippen molar-refractivity contribution in [2.75, 3.05) is 23.7 Å². The van der Waals surface area contributed by atoms with E-state index in [4.69, 9.17) is 0 Å². The fourth-order valence-corrected chi connectivity index (χ4v) is 3.74. The predicted molar refractivity (Wildman–Crippen MR) is 90.5 cm³/mol. The first kappa shape index (κ1) is 15.9. The molecule has 21 heavy (non-hydrogen) atoms. The molecule has 0 saturated carbocycles. The molecule has 0 heterocycles. The smallest absolute Gasteiger partial charge is 0.262 e. The predicted octanol–water partition coefficient (Wildman–Crippen LogP) is 3.62. The first-order valence-electron chi connectivity index (χ1n) is 6.36. The van der Waals surface area contributed by atoms with Crippen molar-refractivity contribution in [2.24, 2.45) is 0 Å². The van der Waals surface area contributed by atoms with Crippen molar-refractivity contribution in [2.45, 2.75) is 11.8 Å². The summed E-state index contributed by atoms with van der Waals surface area (Å²) in [5.41, 5.74) is 2.26. The molecule has 0 aliphatic rings. The van der Waals surface area contributed by atoms with Gasteiger partial charge in [-0.1, -0.05) is 22.0 Å². The van der Waals surface area contributed by atoms with Crippen LogP contribution in [-0.4, -0.2) is 22.5 Å². The number of sulfonamides is 1. The maximum Gasteiger partial charge on any atom is 0.262 e. The zero-order chi connectivity index (χ0) is 15.6. The summed E-state index contributed by atoms with van der Waals surface area (Å²) in [6.45, 7) is 1.77. The van der Waals surface area contributed by atoms with Crippen molar-refractivity contribution in [1.82, 2.24) is 0 Å². The van der Waals surface area contributed by atoms with Gasteiger partial charge in [-0.05, 0) is 48.9 Å². The molecule has 0 spiro atoms. The third-order valence-corrected chi connectivity index (χ3v) is 5.09. The molecule has 0 saturated heterocycles. The largest absolute Gasteiger partial charge is 0.378 e. The van der Waals surface area contributed by atoms with E-state index in [0.717, 1.165) is 10.2 Å². The van der Waals surface area contributed by atoms with E-state index in [-0.39, 0.29) is 4.90 Å². The van der Waals surface area contributed by atoms with Crippen molar-refractivity contribution in [3.63, 3.8) is 0 Å². The van der Waals surface area contributed by atoms with E-state index in [1.807, 2.05) is 37.2 Å². The first-order chi connectivity index (χ1) is 9.79. The molecule has 1 N–H and O–H groups in total. The normalized spacial score (nSPS) is 11.2. The van der Waals surface area contributed by atoms with Gasteiger partial charge in [0.1, 0.15) is 0 Å². The zero-order valence-electron chi connectivity index (χ0n) is 12.1. The second-order valence-electron chi connectivity index (χ2n) is 4.96. The SMILES string of the molecule is Cc1ccc(Br)cc1S(=O)(=O)Nc1ccc(N(C)C)cc1. The molecule has 2 rings (SSSR count). The Hall–Kier alpha value is -1.53. The summed E-state index contributed by atoms with van der Waals surface area (Å²) < 4.78 is 28.2. The fraction of sp³-hybridized carbons (Fsp3) is 0.200. The average Bonchev–Trinajstić information content (AvgIpc) is 2.41. The minimum absolute atomic E-state index is 0.272. The molecule has 0 aromatic heterocycles. The minimum Gasteiger partial charge on any atom is -0.378 e. The van der Waals surface area contributed by atoms with Gasteiger partial charge in [-0.2, -0.15) is 0 Å². The van der Waals surface area contributed by atoms with Gasteiger partial charge in [0.25, 0.3) is 10.0 Å². The Kier molecular flexibility index (Phi) is 4.58. The van der Waals surface area contributed by atoms with Crippen LogP contribution in [0.5, 0.6) is 0 Å². The summed E-state index contributed by atoms with van der Waals surface area (Å²) in [5.74, 6) is 0. The molecule has 0 aliphatic heterocycles. The van der Waals surface area contributed by atoms with E-state index >= 15 is 0 Å². The molecule has 2 aromatic carbocycles. The quantitative estimate of drug-likeness (QED) is 0.896. The Bertz CT molecular complexity index is 741. The van der Waals surface area contributed by atoms with Gasteiger partial charge in [-0.25, -0.2) is 8.42 Å². The highest BCUT2D eigenvalue weighted by Crippen LogP contribution is 2.24. The number of halogens is 1. The van der Waals surface area contributed by atoms with E-state index in [2.05, 4.69) is 20.7 Å². The summed E-state index contributed by atoms with van der Waals surface area (Å²) in [6, 6.07) is 12.4. The molecule has 6 heteroatoms. The van der Waals surface area contributed by atoms with Crippen LogP contribution in [0.3, 0.4) is 0 Å². The Morgan fingerprint density at radius 3 is 2.24 bits per heavy atom. The monoisotopic (exact) mass is 368 g/mol. The molecular formula is C15H17BrN2O2S. The van der Waals surface area contributed by atoms with Gasteiger partial charge in [0.2, 0.25) is 0 Å². The lowest BCUT2D eigenvalue weighted by molar-refractivity contribution is 0.600. The standard InChI is InChI=1S/C15H17BrN2O2S/c1-11-4-5-12(16)10-15(11)21(19,20)17-13-6-8-14(9-7-13)18(2)3/h4-10,17H,1-3H3. The highest BCUT2D eigenvalue weighted by molar-refractivity contribution is 9.10. The summed E-state index contributed by atoms with van der Waals surface area (Å²) in [7, 11) is 0.276. The number of benzene rings is 2. The molecular weight excluding hydrogens is 352 g/mol. The number of hydrogen-bond donors (Lipinski definition) is 1. The van der Waals surface area contributed by atoms with Crippen LogP contribution in [0.15, 0.2) is 51.8 Å². The zero-order valence-corrected chi connectivity index (χ0v) is 14.5. The Morgan fingerprint density at radius 2 is 1.67 bits per heavy atom. The van der Waals surface area contributed by atoms with Crippen molar-refractivity contribution >= 4 is 37.3 Å². The van der Waals surface area contributed by atoms with E-state index in [9.17, 15) is 8.42 Å². The highest BCUT2D eigenvalue weighted by atomic mass is 79.9. The fourth-order valence-electron chi connectivity index (χ4n) is 1.90. The summed E-state index contributed by atoms with van der Waals surface area (Å²) in [6.07, 6.45) is 0. The van der Waals surface area contributed by atoms with Gasteiger partial charge in [0.15, 0.2) is 0 Å². The van der Waals surface area contributed by atoms with Crippen LogP contribution in [0, 0.1) is 6.92 Å². The van der Waals surface area contributed by atoms with Gasteiger partial charge in [0, 0.05) is 29.9 Å². The minimum atomic E-state index is -3.59. The molecule has 112 valence electrons. The molecule has 0 atom stereocenters. The number of anilines is 2. The van der Waals surface area contributed by atoms with Gasteiger partial charge >= 0.3 is 0 Å². The molecule has 4 nitrogen and oxygen atoms in total. The Labute approximate surface area is 134 Å². The molecule has 0 radical (unpaired) electrons. The molecule has 0 unspecified atom stereocenters. The molecule has 0 amide bonds. The van der Waals surface area contributed by atoms with Crippen LogP contribution in [0.25, 0.3) is 0 Å². The van der Waals surface area contributed by atoms with Gasteiger partial charge in [0.05, 0.1) is 4.90 Å².